The molecule has 7 heteroatoms. The van der Waals surface area contributed by atoms with Gasteiger partial charge in [-0.3, -0.25) is 4.90 Å². The Morgan fingerprint density at radius 1 is 1.11 bits per heavy atom. The minimum atomic E-state index is -4.35. The molecule has 0 aromatic heterocycles. The van der Waals surface area contributed by atoms with Gasteiger partial charge in [-0.15, -0.1) is 0 Å². The van der Waals surface area contributed by atoms with Gasteiger partial charge < -0.3 is 15.2 Å². The Labute approximate surface area is 106 Å². The topological polar surface area (TPSA) is 47.7 Å². The van der Waals surface area contributed by atoms with Crippen molar-refractivity contribution < 1.29 is 22.6 Å². The normalized spacial score (nSPS) is 16.0. The maximum atomic E-state index is 13.1. The Balaban J connectivity index is 4.82. The van der Waals surface area contributed by atoms with Crippen LogP contribution in [0.4, 0.5) is 13.2 Å². The summed E-state index contributed by atoms with van der Waals surface area (Å²) in [5.41, 5.74) is 5.60. The Hall–Kier alpha value is -0.370. The molecule has 0 radical (unpaired) electrons. The van der Waals surface area contributed by atoms with Crippen molar-refractivity contribution in [1.29, 1.82) is 0 Å². The highest BCUT2D eigenvalue weighted by Gasteiger charge is 2.46. The van der Waals surface area contributed by atoms with Crippen molar-refractivity contribution in [2.45, 2.75) is 31.6 Å². The largest absolute Gasteiger partial charge is 0.405 e. The standard InChI is InChI=1S/C11H23F3N2O2/c1-4-9(15)10(11(12,13)14)16(5-7-17-2)6-8-18-3/h9-10H,4-8,15H2,1-3H3. The quantitative estimate of drug-likeness (QED) is 0.686. The van der Waals surface area contributed by atoms with Gasteiger partial charge in [0, 0.05) is 33.4 Å². The van der Waals surface area contributed by atoms with Crippen molar-refractivity contribution in [1.82, 2.24) is 4.90 Å². The molecule has 2 unspecified atom stereocenters. The van der Waals surface area contributed by atoms with Crippen LogP contribution in [0.25, 0.3) is 0 Å². The molecule has 0 aliphatic carbocycles. The molecule has 0 aliphatic rings. The molecule has 0 aromatic carbocycles. The number of hydrogen-bond acceptors (Lipinski definition) is 4. The zero-order chi connectivity index (χ0) is 14.2. The average Bonchev–Trinajstić information content (AvgIpc) is 2.30. The number of alkyl halides is 3. The highest BCUT2D eigenvalue weighted by Crippen LogP contribution is 2.27. The fraction of sp³-hybridized carbons (Fsp3) is 1.00. The molecule has 0 rings (SSSR count). The predicted molar refractivity (Wildman–Crippen MR) is 63.4 cm³/mol. The summed E-state index contributed by atoms with van der Waals surface area (Å²) in [6, 6.07) is -2.61. The molecule has 2 N–H and O–H groups in total. The number of ether oxygens (including phenoxy) is 2. The molecule has 0 aliphatic heterocycles. The van der Waals surface area contributed by atoms with Gasteiger partial charge in [0.1, 0.15) is 6.04 Å². The molecule has 110 valence electrons. The van der Waals surface area contributed by atoms with Crippen molar-refractivity contribution in [2.75, 3.05) is 40.5 Å². The van der Waals surface area contributed by atoms with Gasteiger partial charge in [0.15, 0.2) is 0 Å². The van der Waals surface area contributed by atoms with Crippen LogP contribution in [-0.4, -0.2) is 63.7 Å². The van der Waals surface area contributed by atoms with Crippen LogP contribution < -0.4 is 5.73 Å². The van der Waals surface area contributed by atoms with E-state index in [9.17, 15) is 13.2 Å². The van der Waals surface area contributed by atoms with Crippen molar-refractivity contribution in [3.8, 4) is 0 Å². The SMILES string of the molecule is CCC(N)C(N(CCOC)CCOC)C(F)(F)F. The number of nitrogens with zero attached hydrogens (tertiary/aromatic N) is 1. The highest BCUT2D eigenvalue weighted by molar-refractivity contribution is 4.87. The highest BCUT2D eigenvalue weighted by atomic mass is 19.4. The molecule has 0 saturated carbocycles. The van der Waals surface area contributed by atoms with Crippen molar-refractivity contribution in [3.05, 3.63) is 0 Å². The summed E-state index contributed by atoms with van der Waals surface area (Å²) in [6.07, 6.45) is -4.09. The van der Waals surface area contributed by atoms with E-state index in [1.54, 1.807) is 6.92 Å². The van der Waals surface area contributed by atoms with Gasteiger partial charge in [-0.1, -0.05) is 6.92 Å². The van der Waals surface area contributed by atoms with E-state index >= 15 is 0 Å². The molecule has 4 nitrogen and oxygen atoms in total. The molecule has 0 fully saturated rings. The molecule has 0 spiro atoms. The van der Waals surface area contributed by atoms with Crippen LogP contribution in [0.15, 0.2) is 0 Å². The monoisotopic (exact) mass is 272 g/mol. The van der Waals surface area contributed by atoms with Crippen molar-refractivity contribution in [2.24, 2.45) is 5.73 Å². The van der Waals surface area contributed by atoms with E-state index in [1.165, 1.54) is 19.1 Å². The summed E-state index contributed by atoms with van der Waals surface area (Å²) in [5.74, 6) is 0. The van der Waals surface area contributed by atoms with E-state index < -0.39 is 18.3 Å². The Morgan fingerprint density at radius 3 is 1.83 bits per heavy atom. The summed E-state index contributed by atoms with van der Waals surface area (Å²) >= 11 is 0. The number of nitrogens with two attached hydrogens (primary N) is 1. The smallest absolute Gasteiger partial charge is 0.383 e. The molecule has 0 amide bonds. The van der Waals surface area contributed by atoms with Crippen LogP contribution in [0.3, 0.4) is 0 Å². The van der Waals surface area contributed by atoms with E-state index in [0.717, 1.165) is 0 Å². The van der Waals surface area contributed by atoms with E-state index in [0.29, 0.717) is 0 Å². The van der Waals surface area contributed by atoms with Crippen LogP contribution in [0.1, 0.15) is 13.3 Å². The maximum absolute atomic E-state index is 13.1. The Bertz CT molecular complexity index is 207. The minimum absolute atomic E-state index is 0.178. The predicted octanol–water partition coefficient (Wildman–Crippen LogP) is 1.25. The first-order chi connectivity index (χ1) is 8.38. The van der Waals surface area contributed by atoms with Crippen LogP contribution in [0.5, 0.6) is 0 Å². The lowest BCUT2D eigenvalue weighted by Gasteiger charge is -2.36. The first kappa shape index (κ1) is 17.6. The van der Waals surface area contributed by atoms with E-state index in [4.69, 9.17) is 15.2 Å². The zero-order valence-electron chi connectivity index (χ0n) is 11.2. The number of rotatable bonds is 9. The van der Waals surface area contributed by atoms with Crippen LogP contribution in [0.2, 0.25) is 0 Å². The second-order valence-electron chi connectivity index (χ2n) is 4.08. The summed E-state index contributed by atoms with van der Waals surface area (Å²) in [4.78, 5) is 1.28. The molecule has 0 heterocycles. The van der Waals surface area contributed by atoms with Crippen molar-refractivity contribution >= 4 is 0 Å². The summed E-state index contributed by atoms with van der Waals surface area (Å²) in [5, 5.41) is 0. The van der Waals surface area contributed by atoms with Gasteiger partial charge >= 0.3 is 6.18 Å². The first-order valence-corrected chi connectivity index (χ1v) is 5.92. The lowest BCUT2D eigenvalue weighted by atomic mass is 10.0. The Morgan fingerprint density at radius 2 is 1.56 bits per heavy atom. The molecular formula is C11H23F3N2O2. The minimum Gasteiger partial charge on any atom is -0.383 e. The molecule has 0 aromatic rings. The molecule has 0 saturated heterocycles. The summed E-state index contributed by atoms with van der Waals surface area (Å²) < 4.78 is 48.9. The van der Waals surface area contributed by atoms with Gasteiger partial charge in [0.05, 0.1) is 13.2 Å². The third kappa shape index (κ3) is 5.99. The van der Waals surface area contributed by atoms with E-state index in [2.05, 4.69) is 0 Å². The van der Waals surface area contributed by atoms with Crippen LogP contribution in [0, 0.1) is 0 Å². The molecule has 0 bridgehead atoms. The second-order valence-corrected chi connectivity index (χ2v) is 4.08. The fourth-order valence-corrected chi connectivity index (χ4v) is 1.75. The van der Waals surface area contributed by atoms with Crippen LogP contribution in [-0.2, 0) is 9.47 Å². The summed E-state index contributed by atoms with van der Waals surface area (Å²) in [7, 11) is 2.91. The Kier molecular flexibility index (Phi) is 8.51. The van der Waals surface area contributed by atoms with Gasteiger partial charge in [0.2, 0.25) is 0 Å². The third-order valence-corrected chi connectivity index (χ3v) is 2.77. The lowest BCUT2D eigenvalue weighted by Crippen LogP contribution is -2.57. The second kappa shape index (κ2) is 8.68. The zero-order valence-corrected chi connectivity index (χ0v) is 11.2. The number of methoxy groups -OCH3 is 2. The fourth-order valence-electron chi connectivity index (χ4n) is 1.75. The lowest BCUT2D eigenvalue weighted by molar-refractivity contribution is -0.192. The van der Waals surface area contributed by atoms with Gasteiger partial charge in [-0.2, -0.15) is 13.2 Å². The number of halogens is 3. The van der Waals surface area contributed by atoms with E-state index in [-0.39, 0.29) is 32.7 Å². The van der Waals surface area contributed by atoms with Crippen molar-refractivity contribution in [3.63, 3.8) is 0 Å². The molecular weight excluding hydrogens is 249 g/mol. The average molecular weight is 272 g/mol. The maximum Gasteiger partial charge on any atom is 0.405 e. The van der Waals surface area contributed by atoms with Gasteiger partial charge in [-0.05, 0) is 6.42 Å². The summed E-state index contributed by atoms with van der Waals surface area (Å²) in [6.45, 7) is 2.46. The third-order valence-electron chi connectivity index (χ3n) is 2.77. The number of hydrogen-bond donors (Lipinski definition) is 1. The molecule has 18 heavy (non-hydrogen) atoms. The first-order valence-electron chi connectivity index (χ1n) is 5.92. The van der Waals surface area contributed by atoms with Crippen LogP contribution >= 0.6 is 0 Å². The van der Waals surface area contributed by atoms with Gasteiger partial charge in [0.25, 0.3) is 0 Å². The molecule has 2 atom stereocenters. The van der Waals surface area contributed by atoms with Gasteiger partial charge in [-0.25, -0.2) is 0 Å². The van der Waals surface area contributed by atoms with E-state index in [1.807, 2.05) is 0 Å².